The van der Waals surface area contributed by atoms with Crippen molar-refractivity contribution in [2.24, 2.45) is 0 Å². The van der Waals surface area contributed by atoms with Gasteiger partial charge < -0.3 is 25.1 Å². The molecule has 0 amide bonds. The quantitative estimate of drug-likeness (QED) is 0.275. The van der Waals surface area contributed by atoms with Gasteiger partial charge in [0.05, 0.1) is 0 Å². The van der Waals surface area contributed by atoms with Gasteiger partial charge in [0, 0.05) is 89.1 Å². The van der Waals surface area contributed by atoms with Crippen molar-refractivity contribution < 1.29 is 0 Å². The van der Waals surface area contributed by atoms with Crippen LogP contribution in [0.15, 0.2) is 54.1 Å². The molecule has 1 fully saturated rings. The van der Waals surface area contributed by atoms with Gasteiger partial charge in [-0.3, -0.25) is 4.79 Å². The van der Waals surface area contributed by atoms with E-state index in [1.54, 1.807) is 0 Å². The Morgan fingerprint density at radius 3 is 2.58 bits per heavy atom. The van der Waals surface area contributed by atoms with Crippen LogP contribution in [-0.2, 0) is 6.54 Å². The van der Waals surface area contributed by atoms with Crippen LogP contribution in [0.1, 0.15) is 61.7 Å². The van der Waals surface area contributed by atoms with Gasteiger partial charge in [-0.25, -0.2) is 4.98 Å². The molecule has 7 heteroatoms. The van der Waals surface area contributed by atoms with Gasteiger partial charge in [0.1, 0.15) is 5.82 Å². The molecule has 3 N–H and O–H groups in total. The Bertz CT molecular complexity index is 1610. The minimum Gasteiger partial charge on any atom is -0.381 e. The number of piperazine rings is 1. The van der Waals surface area contributed by atoms with E-state index in [0.29, 0.717) is 24.7 Å². The third kappa shape index (κ3) is 5.30. The summed E-state index contributed by atoms with van der Waals surface area (Å²) in [4.78, 5) is 22.8. The van der Waals surface area contributed by atoms with Gasteiger partial charge in [-0.1, -0.05) is 6.58 Å². The van der Waals surface area contributed by atoms with Crippen LogP contribution in [0.3, 0.4) is 0 Å². The number of aromatic nitrogens is 3. The monoisotopic (exact) mass is 538 g/mol. The van der Waals surface area contributed by atoms with Crippen LogP contribution >= 0.6 is 0 Å². The van der Waals surface area contributed by atoms with E-state index in [1.807, 2.05) is 26.1 Å². The van der Waals surface area contributed by atoms with E-state index in [4.69, 9.17) is 4.98 Å². The fourth-order valence-electron chi connectivity index (χ4n) is 5.88. The summed E-state index contributed by atoms with van der Waals surface area (Å²) in [7, 11) is 0. The molecule has 1 unspecified atom stereocenters. The van der Waals surface area contributed by atoms with Crippen LogP contribution in [-0.4, -0.2) is 39.7 Å². The molecule has 210 valence electrons. The van der Waals surface area contributed by atoms with E-state index in [1.165, 1.54) is 16.5 Å². The summed E-state index contributed by atoms with van der Waals surface area (Å²) in [6, 6.07) is 11.9. The predicted octanol–water partition coefficient (Wildman–Crippen LogP) is 5.84. The second-order valence-electron chi connectivity index (χ2n) is 11.7. The third-order valence-electron chi connectivity index (χ3n) is 8.12. The number of hydrogen-bond donors (Lipinski definition) is 3. The Balaban J connectivity index is 1.53. The number of rotatable bonds is 7. The van der Waals surface area contributed by atoms with Crippen LogP contribution in [0.25, 0.3) is 27.7 Å². The highest BCUT2D eigenvalue weighted by Gasteiger charge is 2.23. The van der Waals surface area contributed by atoms with E-state index < -0.39 is 0 Å². The normalized spacial score (nSPS) is 17.6. The van der Waals surface area contributed by atoms with E-state index in [-0.39, 0.29) is 5.56 Å². The Hall–Kier alpha value is -3.84. The van der Waals surface area contributed by atoms with Gasteiger partial charge in [-0.15, -0.1) is 0 Å². The lowest BCUT2D eigenvalue weighted by atomic mass is 9.97. The van der Waals surface area contributed by atoms with Gasteiger partial charge in [0.2, 0.25) is 0 Å². The van der Waals surface area contributed by atoms with E-state index in [0.717, 1.165) is 58.1 Å². The smallest absolute Gasteiger partial charge is 0.253 e. The van der Waals surface area contributed by atoms with Gasteiger partial charge in [-0.2, -0.15) is 0 Å². The minimum atomic E-state index is -0.0572. The Morgan fingerprint density at radius 1 is 1.12 bits per heavy atom. The van der Waals surface area contributed by atoms with Crippen LogP contribution in [0.2, 0.25) is 0 Å². The molecule has 3 aromatic heterocycles. The number of aromatic amines is 1. The zero-order valence-electron chi connectivity index (χ0n) is 24.9. The number of aryl methyl sites for hydroxylation is 3. The summed E-state index contributed by atoms with van der Waals surface area (Å²) in [5, 5.41) is 8.18. The van der Waals surface area contributed by atoms with Gasteiger partial charge in [-0.05, 0) is 95.5 Å². The molecule has 0 spiro atoms. The number of H-pyrrole nitrogens is 1. The molecule has 5 rings (SSSR count). The Labute approximate surface area is 237 Å². The van der Waals surface area contributed by atoms with Crippen LogP contribution in [0, 0.1) is 20.8 Å². The maximum Gasteiger partial charge on any atom is 0.253 e. The molecule has 0 radical (unpaired) electrons. The number of pyridine rings is 2. The number of fused-ring (bicyclic) bond motifs is 1. The highest BCUT2D eigenvalue weighted by Crippen LogP contribution is 2.35. The summed E-state index contributed by atoms with van der Waals surface area (Å²) < 4.78 is 2.32. The second kappa shape index (κ2) is 11.0. The number of nitrogens with one attached hydrogen (secondary N) is 3. The molecule has 1 aliphatic heterocycles. The van der Waals surface area contributed by atoms with E-state index in [9.17, 15) is 4.79 Å². The summed E-state index contributed by atoms with van der Waals surface area (Å²) in [5.41, 5.74) is 8.88. The molecule has 1 aliphatic rings. The van der Waals surface area contributed by atoms with Crippen LogP contribution in [0.5, 0.6) is 0 Å². The van der Waals surface area contributed by atoms with Crippen molar-refractivity contribution in [1.82, 2.24) is 25.2 Å². The minimum absolute atomic E-state index is 0.0572. The summed E-state index contributed by atoms with van der Waals surface area (Å²) in [5.74, 6) is 1.01. The molecule has 2 atom stereocenters. The lowest BCUT2D eigenvalue weighted by Gasteiger charge is -2.38. The van der Waals surface area contributed by atoms with Crippen molar-refractivity contribution in [2.45, 2.75) is 73.1 Å². The molecule has 0 saturated carbocycles. The average molecular weight is 539 g/mol. The lowest BCUT2D eigenvalue weighted by Crippen LogP contribution is -2.54. The maximum atomic E-state index is 12.6. The van der Waals surface area contributed by atoms with Gasteiger partial charge in [0.15, 0.2) is 0 Å². The SMILES string of the molecule is C=C(NCc1c(C)cc(C)[nH]c1=O)c1cc(-c2ccc(N3CC(C)NC[C@@H]3C)nc2)cc2c1c(C)cn2C(C)C. The fourth-order valence-corrected chi connectivity index (χ4v) is 5.88. The molecule has 40 heavy (non-hydrogen) atoms. The molecule has 0 bridgehead atoms. The number of nitrogens with zero attached hydrogens (tertiary/aromatic N) is 3. The first-order chi connectivity index (χ1) is 19.0. The topological polar surface area (TPSA) is 78.0 Å². The van der Waals surface area contributed by atoms with Gasteiger partial charge in [0.25, 0.3) is 5.56 Å². The van der Waals surface area contributed by atoms with Gasteiger partial charge >= 0.3 is 0 Å². The standard InChI is InChI=1S/C33H42N6O/c1-19(2)38-17-21(4)32-28(25(8)35-16-29-20(3)11-22(5)37-33(29)40)12-27(13-30(32)38)26-9-10-31(36-15-26)39-18-23(6)34-14-24(39)7/h9-13,15,17,19,23-24,34-35H,8,14,16,18H2,1-7H3,(H,37,40)/t23?,24-/m0/s1. The van der Waals surface area contributed by atoms with Crippen molar-refractivity contribution in [2.75, 3.05) is 18.0 Å². The fraction of sp³-hybridized carbons (Fsp3) is 0.394. The molecular weight excluding hydrogens is 496 g/mol. The van der Waals surface area contributed by atoms with E-state index >= 15 is 0 Å². The third-order valence-corrected chi connectivity index (χ3v) is 8.12. The molecule has 1 saturated heterocycles. The zero-order chi connectivity index (χ0) is 28.7. The van der Waals surface area contributed by atoms with E-state index in [2.05, 4.69) is 96.7 Å². The molecule has 7 nitrogen and oxygen atoms in total. The first-order valence-corrected chi connectivity index (χ1v) is 14.3. The Kier molecular flexibility index (Phi) is 7.60. The maximum absolute atomic E-state index is 12.6. The summed E-state index contributed by atoms with van der Waals surface area (Å²) >= 11 is 0. The number of hydrogen-bond acceptors (Lipinski definition) is 5. The second-order valence-corrected chi connectivity index (χ2v) is 11.7. The first kappa shape index (κ1) is 27.7. The lowest BCUT2D eigenvalue weighted by molar-refractivity contribution is 0.422. The van der Waals surface area contributed by atoms with Crippen molar-refractivity contribution in [1.29, 1.82) is 0 Å². The molecule has 0 aliphatic carbocycles. The van der Waals surface area contributed by atoms with Crippen LogP contribution in [0.4, 0.5) is 5.82 Å². The molecular formula is C33H42N6O. The van der Waals surface area contributed by atoms with Crippen molar-refractivity contribution >= 4 is 22.4 Å². The number of benzene rings is 1. The van der Waals surface area contributed by atoms with Crippen LogP contribution < -0.4 is 21.1 Å². The van der Waals surface area contributed by atoms with Crippen molar-refractivity contribution in [3.05, 3.63) is 87.6 Å². The van der Waals surface area contributed by atoms with Crippen molar-refractivity contribution in [3.8, 4) is 11.1 Å². The molecule has 1 aromatic carbocycles. The zero-order valence-corrected chi connectivity index (χ0v) is 24.9. The molecule has 4 heterocycles. The van der Waals surface area contributed by atoms with Crippen molar-refractivity contribution in [3.63, 3.8) is 0 Å². The largest absolute Gasteiger partial charge is 0.381 e. The highest BCUT2D eigenvalue weighted by atomic mass is 16.1. The number of anilines is 1. The summed E-state index contributed by atoms with van der Waals surface area (Å²) in [6.45, 7) is 21.6. The molecule has 4 aromatic rings. The Morgan fingerprint density at radius 2 is 1.90 bits per heavy atom. The summed E-state index contributed by atoms with van der Waals surface area (Å²) in [6.07, 6.45) is 4.21. The highest BCUT2D eigenvalue weighted by molar-refractivity contribution is 5.98. The predicted molar refractivity (Wildman–Crippen MR) is 167 cm³/mol. The average Bonchev–Trinajstić information content (AvgIpc) is 3.25. The first-order valence-electron chi connectivity index (χ1n) is 14.3.